The average molecular weight is 386 g/mol. The molecule has 138 valence electrons. The van der Waals surface area contributed by atoms with E-state index in [0.29, 0.717) is 29.2 Å². The van der Waals surface area contributed by atoms with E-state index in [1.807, 2.05) is 12.2 Å². The maximum Gasteiger partial charge on any atom is 0.244 e. The summed E-state index contributed by atoms with van der Waals surface area (Å²) in [6, 6.07) is 4.94. The van der Waals surface area contributed by atoms with E-state index in [1.165, 1.54) is 17.3 Å². The number of hydrogen-bond donors (Lipinski definition) is 1. The lowest BCUT2D eigenvalue weighted by Crippen LogP contribution is -2.38. The van der Waals surface area contributed by atoms with Crippen LogP contribution in [-0.2, 0) is 14.4 Å². The van der Waals surface area contributed by atoms with Crippen LogP contribution in [0.4, 0.5) is 5.69 Å². The first-order chi connectivity index (χ1) is 13.0. The maximum atomic E-state index is 12.5. The van der Waals surface area contributed by atoms with Crippen molar-refractivity contribution in [2.75, 3.05) is 11.9 Å². The van der Waals surface area contributed by atoms with Gasteiger partial charge in [0.2, 0.25) is 17.7 Å². The summed E-state index contributed by atoms with van der Waals surface area (Å²) in [7, 11) is 0. The first-order valence-corrected chi connectivity index (χ1v) is 8.87. The molecule has 1 aromatic carbocycles. The van der Waals surface area contributed by atoms with Crippen LogP contribution in [0.15, 0.2) is 43.0 Å². The van der Waals surface area contributed by atoms with Crippen molar-refractivity contribution in [3.8, 4) is 5.69 Å². The molecule has 1 fully saturated rings. The van der Waals surface area contributed by atoms with Gasteiger partial charge in [-0.15, -0.1) is 0 Å². The molecule has 0 bridgehead atoms. The smallest absolute Gasteiger partial charge is 0.244 e. The van der Waals surface area contributed by atoms with Crippen LogP contribution < -0.4 is 5.32 Å². The number of carbonyl (C=O) groups excluding carboxylic acids is 3. The highest BCUT2D eigenvalue weighted by atomic mass is 35.5. The summed E-state index contributed by atoms with van der Waals surface area (Å²) in [4.78, 5) is 42.5. The molecule has 1 aromatic heterocycles. The second-order valence-corrected chi connectivity index (χ2v) is 6.90. The zero-order valence-electron chi connectivity index (χ0n) is 14.2. The van der Waals surface area contributed by atoms with Crippen LogP contribution in [-0.4, -0.2) is 43.9 Å². The second-order valence-electron chi connectivity index (χ2n) is 6.47. The molecule has 2 aliphatic rings. The van der Waals surface area contributed by atoms with Gasteiger partial charge in [-0.25, -0.2) is 9.67 Å². The third-order valence-electron chi connectivity index (χ3n) is 4.80. The van der Waals surface area contributed by atoms with Gasteiger partial charge in [0.25, 0.3) is 0 Å². The van der Waals surface area contributed by atoms with Gasteiger partial charge in [-0.2, -0.15) is 5.10 Å². The van der Waals surface area contributed by atoms with Crippen molar-refractivity contribution in [2.45, 2.75) is 12.8 Å². The number of allylic oxidation sites excluding steroid dienone is 2. The lowest BCUT2D eigenvalue weighted by atomic mass is 9.85. The van der Waals surface area contributed by atoms with E-state index >= 15 is 0 Å². The van der Waals surface area contributed by atoms with Gasteiger partial charge in [-0.3, -0.25) is 19.3 Å². The summed E-state index contributed by atoms with van der Waals surface area (Å²) in [5, 5.41) is 7.19. The fraction of sp³-hybridized carbons (Fsp3) is 0.278. The van der Waals surface area contributed by atoms with Gasteiger partial charge in [0.15, 0.2) is 0 Å². The van der Waals surface area contributed by atoms with Crippen molar-refractivity contribution < 1.29 is 14.4 Å². The molecule has 3 amide bonds. The molecule has 9 heteroatoms. The van der Waals surface area contributed by atoms with E-state index in [2.05, 4.69) is 15.4 Å². The number of nitrogens with zero attached hydrogens (tertiary/aromatic N) is 4. The highest BCUT2D eigenvalue weighted by molar-refractivity contribution is 6.31. The molecule has 0 saturated carbocycles. The summed E-state index contributed by atoms with van der Waals surface area (Å²) >= 11 is 6.04. The van der Waals surface area contributed by atoms with Gasteiger partial charge in [0.1, 0.15) is 19.2 Å². The first-order valence-electron chi connectivity index (χ1n) is 8.49. The molecule has 2 aromatic rings. The molecule has 2 atom stereocenters. The van der Waals surface area contributed by atoms with Gasteiger partial charge < -0.3 is 5.32 Å². The number of likely N-dealkylation sites (tertiary alicyclic amines) is 1. The molecule has 1 saturated heterocycles. The summed E-state index contributed by atoms with van der Waals surface area (Å²) in [5.41, 5.74) is 0.985. The predicted molar refractivity (Wildman–Crippen MR) is 97.1 cm³/mol. The standard InChI is InChI=1S/C18H16ClN5O3/c19-11-5-6-15(24-10-20-9-21-24)14(7-11)22-16(25)8-23-17(26)12-3-1-2-4-13(12)18(23)27/h1-2,5-7,9-10,12-13H,3-4,8H2,(H,22,25)/t12-,13-/m0/s1. The van der Waals surface area contributed by atoms with Crippen LogP contribution in [0, 0.1) is 11.8 Å². The quantitative estimate of drug-likeness (QED) is 0.639. The van der Waals surface area contributed by atoms with Gasteiger partial charge in [0, 0.05) is 5.02 Å². The number of anilines is 1. The van der Waals surface area contributed by atoms with E-state index in [-0.39, 0.29) is 30.2 Å². The first kappa shape index (κ1) is 17.4. The minimum atomic E-state index is -0.480. The van der Waals surface area contributed by atoms with Crippen molar-refractivity contribution in [1.29, 1.82) is 0 Å². The van der Waals surface area contributed by atoms with E-state index < -0.39 is 5.91 Å². The largest absolute Gasteiger partial charge is 0.323 e. The maximum absolute atomic E-state index is 12.5. The molecule has 1 N–H and O–H groups in total. The number of benzene rings is 1. The van der Waals surface area contributed by atoms with Crippen molar-refractivity contribution >= 4 is 35.0 Å². The molecule has 0 radical (unpaired) electrons. The van der Waals surface area contributed by atoms with Gasteiger partial charge in [-0.05, 0) is 31.0 Å². The van der Waals surface area contributed by atoms with Gasteiger partial charge in [-0.1, -0.05) is 23.8 Å². The Kier molecular flexibility index (Phi) is 4.49. The molecule has 0 spiro atoms. The van der Waals surface area contributed by atoms with Crippen LogP contribution in [0.2, 0.25) is 5.02 Å². The number of hydrogen-bond acceptors (Lipinski definition) is 5. The summed E-state index contributed by atoms with van der Waals surface area (Å²) in [6.45, 7) is -0.325. The monoisotopic (exact) mass is 385 g/mol. The van der Waals surface area contributed by atoms with Gasteiger partial charge in [0.05, 0.1) is 23.2 Å². The Bertz CT molecular complexity index is 914. The van der Waals surface area contributed by atoms with Crippen LogP contribution in [0.3, 0.4) is 0 Å². The average Bonchev–Trinajstić information content (AvgIpc) is 3.26. The van der Waals surface area contributed by atoms with Crippen molar-refractivity contribution in [3.05, 3.63) is 48.0 Å². The summed E-state index contributed by atoms with van der Waals surface area (Å²) < 4.78 is 1.48. The van der Waals surface area contributed by atoms with Crippen molar-refractivity contribution in [3.63, 3.8) is 0 Å². The Morgan fingerprint density at radius 2 is 1.89 bits per heavy atom. The highest BCUT2D eigenvalue weighted by Gasteiger charge is 2.47. The number of imide groups is 1. The zero-order valence-corrected chi connectivity index (χ0v) is 15.0. The molecule has 2 heterocycles. The van der Waals surface area contributed by atoms with Crippen molar-refractivity contribution in [1.82, 2.24) is 19.7 Å². The summed E-state index contributed by atoms with van der Waals surface area (Å²) in [5.74, 6) is -1.76. The van der Waals surface area contributed by atoms with Gasteiger partial charge >= 0.3 is 0 Å². The molecule has 4 rings (SSSR count). The minimum absolute atomic E-state index is 0.285. The molecule has 1 aliphatic carbocycles. The van der Waals surface area contributed by atoms with E-state index in [1.54, 1.807) is 18.2 Å². The molecule has 1 aliphatic heterocycles. The molecule has 0 unspecified atom stereocenters. The summed E-state index contributed by atoms with van der Waals surface area (Å²) in [6.07, 6.45) is 7.76. The number of nitrogens with one attached hydrogen (secondary N) is 1. The Labute approximate surface area is 159 Å². The fourth-order valence-electron chi connectivity index (χ4n) is 3.50. The number of fused-ring (bicyclic) bond motifs is 1. The number of aromatic nitrogens is 3. The minimum Gasteiger partial charge on any atom is -0.323 e. The number of halogens is 1. The molecular formula is C18H16ClN5O3. The van der Waals surface area contributed by atoms with Crippen molar-refractivity contribution in [2.24, 2.45) is 11.8 Å². The third kappa shape index (κ3) is 3.23. The van der Waals surface area contributed by atoms with E-state index in [9.17, 15) is 14.4 Å². The molecule has 8 nitrogen and oxygen atoms in total. The van der Waals surface area contributed by atoms with Crippen LogP contribution in [0.5, 0.6) is 0 Å². The SMILES string of the molecule is O=C(CN1C(=O)[C@H]2CC=CC[C@@H]2C1=O)Nc1cc(Cl)ccc1-n1cncn1. The van der Waals surface area contributed by atoms with E-state index in [0.717, 1.165) is 4.90 Å². The lowest BCUT2D eigenvalue weighted by Gasteiger charge is -2.16. The zero-order chi connectivity index (χ0) is 19.0. The topological polar surface area (TPSA) is 97.2 Å². The third-order valence-corrected chi connectivity index (χ3v) is 5.03. The Balaban J connectivity index is 1.52. The molecular weight excluding hydrogens is 370 g/mol. The Morgan fingerprint density at radius 1 is 1.19 bits per heavy atom. The normalized spacial score (nSPS) is 21.4. The second kappa shape index (κ2) is 6.96. The number of amides is 3. The van der Waals surface area contributed by atoms with Crippen LogP contribution in [0.1, 0.15) is 12.8 Å². The van der Waals surface area contributed by atoms with Crippen LogP contribution in [0.25, 0.3) is 5.69 Å². The Morgan fingerprint density at radius 3 is 2.52 bits per heavy atom. The fourth-order valence-corrected chi connectivity index (χ4v) is 3.67. The highest BCUT2D eigenvalue weighted by Crippen LogP contribution is 2.35. The number of rotatable bonds is 4. The molecule has 27 heavy (non-hydrogen) atoms. The lowest BCUT2D eigenvalue weighted by molar-refractivity contribution is -0.142. The Hall–Kier alpha value is -3.00. The predicted octanol–water partition coefficient (Wildman–Crippen LogP) is 1.81. The van der Waals surface area contributed by atoms with Crippen LogP contribution >= 0.6 is 11.6 Å². The van der Waals surface area contributed by atoms with E-state index in [4.69, 9.17) is 11.6 Å². The number of carbonyl (C=O) groups is 3.